The summed E-state index contributed by atoms with van der Waals surface area (Å²) in [5, 5.41) is 0. The molecule has 0 saturated carbocycles. The fourth-order valence-electron chi connectivity index (χ4n) is 2.74. The number of halogens is 3. The number of hydrogen-bond donors (Lipinski definition) is 0. The van der Waals surface area contributed by atoms with Gasteiger partial charge in [-0.3, -0.25) is 4.79 Å². The van der Waals surface area contributed by atoms with Gasteiger partial charge in [-0.25, -0.2) is 13.2 Å². The monoisotopic (exact) mass is 373 g/mol. The Balaban J connectivity index is 1.57. The highest BCUT2D eigenvalue weighted by atomic mass is 19.2. The zero-order valence-corrected chi connectivity index (χ0v) is 14.7. The molecule has 0 aliphatic heterocycles. The van der Waals surface area contributed by atoms with Gasteiger partial charge in [0.25, 0.3) is 0 Å². The smallest absolute Gasteiger partial charge is 0.223 e. The Hall–Kier alpha value is -3.02. The maximum atomic E-state index is 13.8. The average molecular weight is 373 g/mol. The Labute approximate surface area is 155 Å². The summed E-state index contributed by atoms with van der Waals surface area (Å²) in [6.45, 7) is 0.175. The van der Waals surface area contributed by atoms with Crippen LogP contribution in [0.15, 0.2) is 59.0 Å². The predicted molar refractivity (Wildman–Crippen MR) is 95.3 cm³/mol. The molecule has 0 aliphatic carbocycles. The summed E-state index contributed by atoms with van der Waals surface area (Å²) in [6.07, 6.45) is 0.541. The number of carbonyl (C=O) groups is 1. The molecular formula is C21H18F3NO2. The van der Waals surface area contributed by atoms with Crippen molar-refractivity contribution in [1.82, 2.24) is 4.90 Å². The first kappa shape index (κ1) is 18.8. The standard InChI is InChI=1S/C21H18F3NO2/c1-25(13-14-6-9-18(23)19(24)12-14)21(26)11-8-15-7-10-20(27-15)16-4-2-3-5-17(16)22/h2-7,9-10,12H,8,11,13H2,1H3. The minimum atomic E-state index is -0.940. The second kappa shape index (κ2) is 8.12. The molecule has 0 bridgehead atoms. The van der Waals surface area contributed by atoms with Crippen molar-refractivity contribution < 1.29 is 22.4 Å². The molecule has 0 fully saturated rings. The number of nitrogens with zero attached hydrogens (tertiary/aromatic N) is 1. The summed E-state index contributed by atoms with van der Waals surface area (Å²) in [6, 6.07) is 13.2. The number of carbonyl (C=O) groups excluding carboxylic acids is 1. The molecule has 2 aromatic carbocycles. The summed E-state index contributed by atoms with van der Waals surface area (Å²) in [5.74, 6) is -1.42. The molecule has 3 aromatic rings. The molecule has 1 heterocycles. The fraction of sp³-hybridized carbons (Fsp3) is 0.190. The van der Waals surface area contributed by atoms with E-state index in [0.717, 1.165) is 12.1 Å². The van der Waals surface area contributed by atoms with E-state index in [1.54, 1.807) is 37.4 Å². The van der Waals surface area contributed by atoms with E-state index in [0.29, 0.717) is 29.1 Å². The lowest BCUT2D eigenvalue weighted by Gasteiger charge is -2.17. The third kappa shape index (κ3) is 4.58. The second-order valence-electron chi connectivity index (χ2n) is 6.24. The Kier molecular flexibility index (Phi) is 5.64. The lowest BCUT2D eigenvalue weighted by Crippen LogP contribution is -2.26. The number of rotatable bonds is 6. The number of benzene rings is 2. The van der Waals surface area contributed by atoms with Crippen molar-refractivity contribution in [2.45, 2.75) is 19.4 Å². The highest BCUT2D eigenvalue weighted by Gasteiger charge is 2.14. The van der Waals surface area contributed by atoms with Crippen LogP contribution in [0.3, 0.4) is 0 Å². The number of aryl methyl sites for hydroxylation is 1. The van der Waals surface area contributed by atoms with Crippen molar-refractivity contribution >= 4 is 5.91 Å². The van der Waals surface area contributed by atoms with Crippen LogP contribution in [0.5, 0.6) is 0 Å². The van der Waals surface area contributed by atoms with Crippen LogP contribution in [0, 0.1) is 17.5 Å². The van der Waals surface area contributed by atoms with Crippen LogP contribution in [0.25, 0.3) is 11.3 Å². The van der Waals surface area contributed by atoms with Gasteiger partial charge in [-0.2, -0.15) is 0 Å². The molecule has 3 rings (SSSR count). The van der Waals surface area contributed by atoms with Crippen molar-refractivity contribution in [2.24, 2.45) is 0 Å². The van der Waals surface area contributed by atoms with Gasteiger partial charge in [0.1, 0.15) is 17.3 Å². The van der Waals surface area contributed by atoms with Crippen molar-refractivity contribution in [3.8, 4) is 11.3 Å². The van der Waals surface area contributed by atoms with Gasteiger partial charge in [0.15, 0.2) is 11.6 Å². The van der Waals surface area contributed by atoms with Gasteiger partial charge < -0.3 is 9.32 Å². The molecule has 140 valence electrons. The Morgan fingerprint density at radius 1 is 0.963 bits per heavy atom. The molecule has 1 aromatic heterocycles. The number of amides is 1. The van der Waals surface area contributed by atoms with E-state index in [-0.39, 0.29) is 24.7 Å². The molecule has 0 spiro atoms. The van der Waals surface area contributed by atoms with E-state index in [1.807, 2.05) is 0 Å². The normalized spacial score (nSPS) is 10.8. The van der Waals surface area contributed by atoms with Gasteiger partial charge in [0, 0.05) is 26.4 Å². The van der Waals surface area contributed by atoms with Crippen molar-refractivity contribution in [3.63, 3.8) is 0 Å². The van der Waals surface area contributed by atoms with Crippen LogP contribution < -0.4 is 0 Å². The first-order valence-corrected chi connectivity index (χ1v) is 8.45. The number of hydrogen-bond acceptors (Lipinski definition) is 2. The third-order valence-electron chi connectivity index (χ3n) is 4.22. The SMILES string of the molecule is CN(Cc1ccc(F)c(F)c1)C(=O)CCc1ccc(-c2ccccc2F)o1. The van der Waals surface area contributed by atoms with Crippen LogP contribution >= 0.6 is 0 Å². The number of furan rings is 1. The van der Waals surface area contributed by atoms with E-state index in [4.69, 9.17) is 4.42 Å². The van der Waals surface area contributed by atoms with E-state index in [9.17, 15) is 18.0 Å². The van der Waals surface area contributed by atoms with Crippen LogP contribution in [-0.4, -0.2) is 17.9 Å². The maximum absolute atomic E-state index is 13.8. The Bertz CT molecular complexity index is 952. The Morgan fingerprint density at radius 2 is 1.74 bits per heavy atom. The van der Waals surface area contributed by atoms with Gasteiger partial charge in [0.05, 0.1) is 5.56 Å². The molecule has 0 aliphatic rings. The van der Waals surface area contributed by atoms with Crippen LogP contribution in [-0.2, 0) is 17.8 Å². The molecule has 6 heteroatoms. The highest BCUT2D eigenvalue weighted by Crippen LogP contribution is 2.25. The summed E-state index contributed by atoms with van der Waals surface area (Å²) >= 11 is 0. The summed E-state index contributed by atoms with van der Waals surface area (Å²) in [4.78, 5) is 13.7. The Morgan fingerprint density at radius 3 is 2.48 bits per heavy atom. The minimum Gasteiger partial charge on any atom is -0.461 e. The molecule has 1 amide bonds. The quantitative estimate of drug-likeness (QED) is 0.612. The van der Waals surface area contributed by atoms with E-state index < -0.39 is 11.6 Å². The molecule has 0 radical (unpaired) electrons. The van der Waals surface area contributed by atoms with Gasteiger partial charge in [-0.15, -0.1) is 0 Å². The topological polar surface area (TPSA) is 33.5 Å². The molecule has 27 heavy (non-hydrogen) atoms. The van der Waals surface area contributed by atoms with Crippen LogP contribution in [0.4, 0.5) is 13.2 Å². The van der Waals surface area contributed by atoms with E-state index in [2.05, 4.69) is 0 Å². The van der Waals surface area contributed by atoms with Crippen LogP contribution in [0.1, 0.15) is 17.7 Å². The zero-order chi connectivity index (χ0) is 19.4. The largest absolute Gasteiger partial charge is 0.461 e. The van der Waals surface area contributed by atoms with Gasteiger partial charge >= 0.3 is 0 Å². The molecule has 0 unspecified atom stereocenters. The first-order valence-electron chi connectivity index (χ1n) is 8.45. The molecule has 0 atom stereocenters. The van der Waals surface area contributed by atoms with Gasteiger partial charge in [-0.1, -0.05) is 18.2 Å². The summed E-state index contributed by atoms with van der Waals surface area (Å²) in [7, 11) is 1.59. The summed E-state index contributed by atoms with van der Waals surface area (Å²) < 4.78 is 45.6. The van der Waals surface area contributed by atoms with Crippen molar-refractivity contribution in [1.29, 1.82) is 0 Å². The summed E-state index contributed by atoms with van der Waals surface area (Å²) in [5.41, 5.74) is 0.870. The maximum Gasteiger partial charge on any atom is 0.223 e. The van der Waals surface area contributed by atoms with E-state index >= 15 is 0 Å². The second-order valence-corrected chi connectivity index (χ2v) is 6.24. The van der Waals surface area contributed by atoms with E-state index in [1.165, 1.54) is 17.0 Å². The molecular weight excluding hydrogens is 355 g/mol. The fourth-order valence-corrected chi connectivity index (χ4v) is 2.74. The zero-order valence-electron chi connectivity index (χ0n) is 14.7. The van der Waals surface area contributed by atoms with Crippen molar-refractivity contribution in [3.05, 3.63) is 83.4 Å². The first-order chi connectivity index (χ1) is 12.9. The highest BCUT2D eigenvalue weighted by molar-refractivity contribution is 5.76. The molecule has 0 saturated heterocycles. The molecule has 0 N–H and O–H groups in total. The van der Waals surface area contributed by atoms with Gasteiger partial charge in [-0.05, 0) is 42.0 Å². The van der Waals surface area contributed by atoms with Crippen molar-refractivity contribution in [2.75, 3.05) is 7.05 Å². The van der Waals surface area contributed by atoms with Gasteiger partial charge in [0.2, 0.25) is 5.91 Å². The predicted octanol–water partition coefficient (Wildman–Crippen LogP) is 4.96. The third-order valence-corrected chi connectivity index (χ3v) is 4.22. The average Bonchev–Trinajstić information content (AvgIpc) is 3.12. The lowest BCUT2D eigenvalue weighted by atomic mass is 10.1. The minimum absolute atomic E-state index is 0.163. The lowest BCUT2D eigenvalue weighted by molar-refractivity contribution is -0.130. The molecule has 3 nitrogen and oxygen atoms in total. The van der Waals surface area contributed by atoms with Crippen LogP contribution in [0.2, 0.25) is 0 Å².